The minimum Gasteiger partial charge on any atom is -0.347 e. The van der Waals surface area contributed by atoms with E-state index < -0.39 is 11.9 Å². The zero-order valence-corrected chi connectivity index (χ0v) is 7.89. The number of nitrogens with two attached hydrogens (primary N) is 1. The molecule has 78 valence electrons. The van der Waals surface area contributed by atoms with Crippen LogP contribution in [0.15, 0.2) is 6.20 Å². The lowest BCUT2D eigenvalue weighted by Crippen LogP contribution is -2.06. The number of H-pyrrole nitrogens is 1. The van der Waals surface area contributed by atoms with E-state index in [1.165, 1.54) is 0 Å². The summed E-state index contributed by atoms with van der Waals surface area (Å²) in [6.45, 7) is -0.0178. The molecule has 8 heteroatoms. The second-order valence-corrected chi connectivity index (χ2v) is 1.93. The van der Waals surface area contributed by atoms with Gasteiger partial charge in [-0.3, -0.25) is 0 Å². The van der Waals surface area contributed by atoms with Gasteiger partial charge in [-0.15, -0.1) is 24.8 Å². The van der Waals surface area contributed by atoms with E-state index in [1.807, 2.05) is 0 Å². The van der Waals surface area contributed by atoms with Crippen LogP contribution in [-0.4, -0.2) is 9.97 Å². The van der Waals surface area contributed by atoms with Gasteiger partial charge >= 0.3 is 6.18 Å². The smallest absolute Gasteiger partial charge is 0.347 e. The minimum absolute atomic E-state index is 0. The molecular formula is C5H8Cl2F3N3. The Labute approximate surface area is 84.7 Å². The molecule has 0 aliphatic heterocycles. The molecule has 0 radical (unpaired) electrons. The SMILES string of the molecule is Cl.Cl.NCc1nc(C(F)(F)F)c[nH]1. The summed E-state index contributed by atoms with van der Waals surface area (Å²) >= 11 is 0. The largest absolute Gasteiger partial charge is 0.434 e. The molecule has 0 fully saturated rings. The molecule has 3 N–H and O–H groups in total. The number of hydrogen-bond donors (Lipinski definition) is 2. The predicted molar refractivity (Wildman–Crippen MR) is 46.0 cm³/mol. The van der Waals surface area contributed by atoms with Gasteiger partial charge in [0.1, 0.15) is 5.82 Å². The summed E-state index contributed by atoms with van der Waals surface area (Å²) in [4.78, 5) is 5.50. The third kappa shape index (κ3) is 3.84. The van der Waals surface area contributed by atoms with E-state index in [0.29, 0.717) is 0 Å². The number of imidazole rings is 1. The summed E-state index contributed by atoms with van der Waals surface area (Å²) < 4.78 is 35.4. The van der Waals surface area contributed by atoms with Crippen LogP contribution in [0.4, 0.5) is 13.2 Å². The fraction of sp³-hybridized carbons (Fsp3) is 0.400. The average Bonchev–Trinajstić information content (AvgIpc) is 2.32. The standard InChI is InChI=1S/C5H6F3N3.2ClH/c6-5(7,8)3-2-10-4(1-9)11-3;;/h2H,1,9H2,(H,10,11);2*1H. The highest BCUT2D eigenvalue weighted by Crippen LogP contribution is 2.26. The van der Waals surface area contributed by atoms with Crippen molar-refractivity contribution in [1.29, 1.82) is 0 Å². The molecule has 0 aliphatic rings. The Morgan fingerprint density at radius 1 is 1.38 bits per heavy atom. The lowest BCUT2D eigenvalue weighted by Gasteiger charge is -1.98. The van der Waals surface area contributed by atoms with Crippen molar-refractivity contribution < 1.29 is 13.2 Å². The number of aromatic amines is 1. The van der Waals surface area contributed by atoms with Crippen molar-refractivity contribution >= 4 is 24.8 Å². The monoisotopic (exact) mass is 237 g/mol. The molecule has 0 saturated carbocycles. The molecule has 13 heavy (non-hydrogen) atoms. The topological polar surface area (TPSA) is 54.7 Å². The van der Waals surface area contributed by atoms with E-state index in [4.69, 9.17) is 5.73 Å². The summed E-state index contributed by atoms with van der Waals surface area (Å²) in [5, 5.41) is 0. The number of nitrogens with zero attached hydrogens (tertiary/aromatic N) is 1. The Morgan fingerprint density at radius 3 is 2.15 bits per heavy atom. The normalized spacial score (nSPS) is 10.2. The summed E-state index contributed by atoms with van der Waals surface area (Å²) in [5.41, 5.74) is 4.11. The van der Waals surface area contributed by atoms with Crippen molar-refractivity contribution in [3.8, 4) is 0 Å². The van der Waals surface area contributed by atoms with Gasteiger partial charge in [-0.05, 0) is 0 Å². The van der Waals surface area contributed by atoms with Crippen LogP contribution >= 0.6 is 24.8 Å². The first kappa shape index (κ1) is 15.0. The van der Waals surface area contributed by atoms with Crippen molar-refractivity contribution in [1.82, 2.24) is 9.97 Å². The van der Waals surface area contributed by atoms with Crippen LogP contribution in [0.1, 0.15) is 11.5 Å². The molecule has 0 amide bonds. The minimum atomic E-state index is -4.38. The molecule has 1 rings (SSSR count). The fourth-order valence-electron chi connectivity index (χ4n) is 0.611. The highest BCUT2D eigenvalue weighted by molar-refractivity contribution is 5.85. The van der Waals surface area contributed by atoms with Gasteiger partial charge in [0.2, 0.25) is 0 Å². The molecule has 1 heterocycles. The number of rotatable bonds is 1. The molecule has 0 unspecified atom stereocenters. The fourth-order valence-corrected chi connectivity index (χ4v) is 0.611. The molecule has 1 aromatic heterocycles. The van der Waals surface area contributed by atoms with Crippen LogP contribution in [-0.2, 0) is 12.7 Å². The van der Waals surface area contributed by atoms with E-state index in [1.54, 1.807) is 0 Å². The lowest BCUT2D eigenvalue weighted by molar-refractivity contribution is -0.140. The first-order valence-corrected chi connectivity index (χ1v) is 2.85. The average molecular weight is 238 g/mol. The van der Waals surface area contributed by atoms with Crippen LogP contribution in [0, 0.1) is 0 Å². The van der Waals surface area contributed by atoms with Crippen molar-refractivity contribution in [3.63, 3.8) is 0 Å². The van der Waals surface area contributed by atoms with Gasteiger partial charge in [-0.2, -0.15) is 13.2 Å². The molecule has 0 saturated heterocycles. The summed E-state index contributed by atoms with van der Waals surface area (Å²) in [6.07, 6.45) is -3.59. The van der Waals surface area contributed by atoms with Crippen LogP contribution in [0.2, 0.25) is 0 Å². The quantitative estimate of drug-likeness (QED) is 0.782. The molecule has 3 nitrogen and oxygen atoms in total. The van der Waals surface area contributed by atoms with Gasteiger partial charge in [0.05, 0.1) is 6.54 Å². The molecule has 0 bridgehead atoms. The van der Waals surface area contributed by atoms with Crippen LogP contribution in [0.25, 0.3) is 0 Å². The molecule has 0 aromatic carbocycles. The zero-order valence-electron chi connectivity index (χ0n) is 6.26. The number of alkyl halides is 3. The summed E-state index contributed by atoms with van der Waals surface area (Å²) in [5.74, 6) is 0.136. The van der Waals surface area contributed by atoms with Crippen LogP contribution in [0.3, 0.4) is 0 Å². The Balaban J connectivity index is 0. The lowest BCUT2D eigenvalue weighted by atomic mass is 10.5. The first-order valence-electron chi connectivity index (χ1n) is 2.85. The second kappa shape index (κ2) is 5.31. The maximum Gasteiger partial charge on any atom is 0.434 e. The van der Waals surface area contributed by atoms with E-state index >= 15 is 0 Å². The van der Waals surface area contributed by atoms with Gasteiger partial charge in [0.25, 0.3) is 0 Å². The van der Waals surface area contributed by atoms with Gasteiger partial charge < -0.3 is 10.7 Å². The van der Waals surface area contributed by atoms with E-state index in [0.717, 1.165) is 6.20 Å². The second-order valence-electron chi connectivity index (χ2n) is 1.93. The number of aromatic nitrogens is 2. The number of nitrogens with one attached hydrogen (secondary N) is 1. The van der Waals surface area contributed by atoms with Gasteiger partial charge in [-0.25, -0.2) is 4.98 Å². The van der Waals surface area contributed by atoms with Crippen molar-refractivity contribution in [2.75, 3.05) is 0 Å². The van der Waals surface area contributed by atoms with Gasteiger partial charge in [0.15, 0.2) is 5.69 Å². The number of hydrogen-bond acceptors (Lipinski definition) is 2. The first-order chi connectivity index (χ1) is 5.04. The van der Waals surface area contributed by atoms with Gasteiger partial charge in [0, 0.05) is 6.20 Å². The van der Waals surface area contributed by atoms with Crippen molar-refractivity contribution in [2.24, 2.45) is 5.73 Å². The molecule has 0 aliphatic carbocycles. The Kier molecular flexibility index (Phi) is 6.14. The Hall–Kier alpha value is -0.460. The van der Waals surface area contributed by atoms with E-state index in [2.05, 4.69) is 9.97 Å². The molecular weight excluding hydrogens is 230 g/mol. The van der Waals surface area contributed by atoms with Crippen molar-refractivity contribution in [2.45, 2.75) is 12.7 Å². The Bertz CT molecular complexity index is 247. The maximum absolute atomic E-state index is 11.8. The van der Waals surface area contributed by atoms with Gasteiger partial charge in [-0.1, -0.05) is 0 Å². The van der Waals surface area contributed by atoms with E-state index in [-0.39, 0.29) is 37.2 Å². The highest BCUT2D eigenvalue weighted by atomic mass is 35.5. The third-order valence-corrected chi connectivity index (χ3v) is 1.11. The molecule has 0 atom stereocenters. The molecule has 0 spiro atoms. The summed E-state index contributed by atoms with van der Waals surface area (Å²) in [6, 6.07) is 0. The predicted octanol–water partition coefficient (Wildman–Crippen LogP) is 1.73. The van der Waals surface area contributed by atoms with Crippen LogP contribution < -0.4 is 5.73 Å². The zero-order chi connectivity index (χ0) is 8.48. The number of halogens is 5. The highest BCUT2D eigenvalue weighted by Gasteiger charge is 2.33. The van der Waals surface area contributed by atoms with E-state index in [9.17, 15) is 13.2 Å². The summed E-state index contributed by atoms with van der Waals surface area (Å²) in [7, 11) is 0. The molecule has 1 aromatic rings. The third-order valence-electron chi connectivity index (χ3n) is 1.11. The Morgan fingerprint density at radius 2 is 1.92 bits per heavy atom. The maximum atomic E-state index is 11.8. The van der Waals surface area contributed by atoms with Crippen molar-refractivity contribution in [3.05, 3.63) is 17.7 Å². The van der Waals surface area contributed by atoms with Crippen LogP contribution in [0.5, 0.6) is 0 Å².